The molecule has 0 aliphatic carbocycles. The Labute approximate surface area is 172 Å². The molecular weight excluding hydrogens is 398 g/mol. The minimum absolute atomic E-state index is 0.103. The number of nitrogens with one attached hydrogen (secondary N) is 1. The van der Waals surface area contributed by atoms with E-state index in [2.05, 4.69) is 5.32 Å². The van der Waals surface area contributed by atoms with Crippen LogP contribution in [-0.4, -0.2) is 45.8 Å². The summed E-state index contributed by atoms with van der Waals surface area (Å²) in [4.78, 5) is 14.8. The highest BCUT2D eigenvalue weighted by Crippen LogP contribution is 2.33. The SMILES string of the molecule is CCN(CC)S(=O)(=O)c1ccc(C)c(C(=O)Nc2cccc(Cl)c2N(C)C)c1. The molecule has 0 fully saturated rings. The van der Waals surface area contributed by atoms with Crippen LogP contribution in [0.1, 0.15) is 29.8 Å². The van der Waals surface area contributed by atoms with Crippen LogP contribution in [0.5, 0.6) is 0 Å². The molecule has 0 bridgehead atoms. The van der Waals surface area contributed by atoms with Crippen molar-refractivity contribution in [3.8, 4) is 0 Å². The Hall–Kier alpha value is -2.09. The van der Waals surface area contributed by atoms with E-state index in [1.54, 1.807) is 45.0 Å². The molecule has 2 aromatic rings. The first-order valence-corrected chi connectivity index (χ1v) is 10.8. The zero-order valence-corrected chi connectivity index (χ0v) is 18.4. The van der Waals surface area contributed by atoms with E-state index in [0.717, 1.165) is 0 Å². The number of aryl methyl sites for hydroxylation is 1. The number of sulfonamides is 1. The quantitative estimate of drug-likeness (QED) is 0.730. The molecule has 2 rings (SSSR count). The first-order chi connectivity index (χ1) is 13.1. The molecule has 152 valence electrons. The Bertz CT molecular complexity index is 971. The highest BCUT2D eigenvalue weighted by atomic mass is 35.5. The Morgan fingerprint density at radius 2 is 1.75 bits per heavy atom. The van der Waals surface area contributed by atoms with Crippen LogP contribution in [-0.2, 0) is 10.0 Å². The molecule has 1 N–H and O–H groups in total. The zero-order chi connectivity index (χ0) is 21.1. The summed E-state index contributed by atoms with van der Waals surface area (Å²) in [6, 6.07) is 9.86. The van der Waals surface area contributed by atoms with E-state index in [9.17, 15) is 13.2 Å². The molecule has 0 aliphatic heterocycles. The first-order valence-electron chi connectivity index (χ1n) is 9.01. The van der Waals surface area contributed by atoms with Crippen molar-refractivity contribution in [2.45, 2.75) is 25.7 Å². The number of carbonyl (C=O) groups excluding carboxylic acids is 1. The number of amides is 1. The molecule has 0 spiro atoms. The number of para-hydroxylation sites is 1. The van der Waals surface area contributed by atoms with Crippen LogP contribution < -0.4 is 10.2 Å². The van der Waals surface area contributed by atoms with Crippen molar-refractivity contribution in [2.24, 2.45) is 0 Å². The molecular formula is C20H26ClN3O3S. The lowest BCUT2D eigenvalue weighted by Crippen LogP contribution is -2.30. The second-order valence-corrected chi connectivity index (χ2v) is 8.90. The van der Waals surface area contributed by atoms with Gasteiger partial charge in [-0.05, 0) is 36.8 Å². The van der Waals surface area contributed by atoms with E-state index in [0.29, 0.717) is 40.6 Å². The van der Waals surface area contributed by atoms with Crippen molar-refractivity contribution in [3.05, 3.63) is 52.5 Å². The van der Waals surface area contributed by atoms with Crippen molar-refractivity contribution in [2.75, 3.05) is 37.4 Å². The van der Waals surface area contributed by atoms with Gasteiger partial charge in [0.1, 0.15) is 0 Å². The molecule has 0 saturated heterocycles. The van der Waals surface area contributed by atoms with Crippen molar-refractivity contribution in [3.63, 3.8) is 0 Å². The van der Waals surface area contributed by atoms with Gasteiger partial charge in [0.2, 0.25) is 10.0 Å². The fourth-order valence-electron chi connectivity index (χ4n) is 2.98. The maximum absolute atomic E-state index is 12.9. The number of hydrogen-bond acceptors (Lipinski definition) is 4. The Kier molecular flexibility index (Phi) is 7.09. The molecule has 6 nitrogen and oxygen atoms in total. The van der Waals surface area contributed by atoms with E-state index < -0.39 is 10.0 Å². The van der Waals surface area contributed by atoms with Gasteiger partial charge < -0.3 is 10.2 Å². The van der Waals surface area contributed by atoms with Crippen molar-refractivity contribution >= 4 is 38.9 Å². The van der Waals surface area contributed by atoms with E-state index >= 15 is 0 Å². The maximum Gasteiger partial charge on any atom is 0.256 e. The van der Waals surface area contributed by atoms with Gasteiger partial charge in [0, 0.05) is 32.7 Å². The number of nitrogens with zero attached hydrogens (tertiary/aromatic N) is 2. The highest BCUT2D eigenvalue weighted by Gasteiger charge is 2.24. The van der Waals surface area contributed by atoms with Gasteiger partial charge in [0.15, 0.2) is 0 Å². The molecule has 0 radical (unpaired) electrons. The summed E-state index contributed by atoms with van der Waals surface area (Å²) in [6.45, 7) is 6.06. The van der Waals surface area contributed by atoms with Gasteiger partial charge >= 0.3 is 0 Å². The van der Waals surface area contributed by atoms with Crippen molar-refractivity contribution < 1.29 is 13.2 Å². The fourth-order valence-corrected chi connectivity index (χ4v) is 4.81. The van der Waals surface area contributed by atoms with E-state index in [1.807, 2.05) is 19.0 Å². The average molecular weight is 424 g/mol. The van der Waals surface area contributed by atoms with Crippen LogP contribution in [0.3, 0.4) is 0 Å². The maximum atomic E-state index is 12.9. The van der Waals surface area contributed by atoms with Gasteiger partial charge in [-0.25, -0.2) is 8.42 Å². The zero-order valence-electron chi connectivity index (χ0n) is 16.8. The molecule has 1 amide bonds. The molecule has 0 unspecified atom stereocenters. The summed E-state index contributed by atoms with van der Waals surface area (Å²) in [7, 11) is 0.0143. The Balaban J connectivity index is 2.44. The number of rotatable bonds is 7. The number of halogens is 1. The van der Waals surface area contributed by atoms with Crippen LogP contribution in [0.15, 0.2) is 41.3 Å². The average Bonchev–Trinajstić information content (AvgIpc) is 2.62. The van der Waals surface area contributed by atoms with Crippen LogP contribution in [0.2, 0.25) is 5.02 Å². The number of anilines is 2. The second-order valence-electron chi connectivity index (χ2n) is 6.55. The van der Waals surface area contributed by atoms with Gasteiger partial charge in [0.25, 0.3) is 5.91 Å². The van der Waals surface area contributed by atoms with E-state index in [4.69, 9.17) is 11.6 Å². The third kappa shape index (κ3) is 4.48. The molecule has 2 aromatic carbocycles. The van der Waals surface area contributed by atoms with Gasteiger partial charge in [0.05, 0.1) is 21.3 Å². The number of hydrogen-bond donors (Lipinski definition) is 1. The Morgan fingerprint density at radius 3 is 2.32 bits per heavy atom. The molecule has 0 heterocycles. The molecule has 0 aromatic heterocycles. The molecule has 0 atom stereocenters. The van der Waals surface area contributed by atoms with Crippen LogP contribution in [0, 0.1) is 6.92 Å². The van der Waals surface area contributed by atoms with Gasteiger partial charge in [-0.3, -0.25) is 4.79 Å². The van der Waals surface area contributed by atoms with Crippen molar-refractivity contribution in [1.82, 2.24) is 4.31 Å². The van der Waals surface area contributed by atoms with Crippen LogP contribution >= 0.6 is 11.6 Å². The number of benzene rings is 2. The summed E-state index contributed by atoms with van der Waals surface area (Å²) >= 11 is 6.26. The molecule has 8 heteroatoms. The molecule has 28 heavy (non-hydrogen) atoms. The lowest BCUT2D eigenvalue weighted by atomic mass is 10.1. The topological polar surface area (TPSA) is 69.7 Å². The third-order valence-corrected chi connectivity index (χ3v) is 6.83. The second kappa shape index (κ2) is 8.94. The fraction of sp³-hybridized carbons (Fsp3) is 0.350. The minimum Gasteiger partial charge on any atom is -0.375 e. The van der Waals surface area contributed by atoms with Gasteiger partial charge in [-0.1, -0.05) is 37.6 Å². The third-order valence-electron chi connectivity index (χ3n) is 4.48. The van der Waals surface area contributed by atoms with Crippen LogP contribution in [0.25, 0.3) is 0 Å². The monoisotopic (exact) mass is 423 g/mol. The number of carbonyl (C=O) groups is 1. The lowest BCUT2D eigenvalue weighted by molar-refractivity contribution is 0.102. The normalized spacial score (nSPS) is 11.5. The lowest BCUT2D eigenvalue weighted by Gasteiger charge is -2.21. The summed E-state index contributed by atoms with van der Waals surface area (Å²) in [5, 5.41) is 3.36. The molecule has 0 aliphatic rings. The molecule has 0 saturated carbocycles. The van der Waals surface area contributed by atoms with Gasteiger partial charge in [-0.15, -0.1) is 0 Å². The predicted molar refractivity (Wildman–Crippen MR) is 115 cm³/mol. The summed E-state index contributed by atoms with van der Waals surface area (Å²) < 4.78 is 27.0. The smallest absolute Gasteiger partial charge is 0.256 e. The van der Waals surface area contributed by atoms with Crippen LogP contribution in [0.4, 0.5) is 11.4 Å². The van der Waals surface area contributed by atoms with E-state index in [1.165, 1.54) is 16.4 Å². The minimum atomic E-state index is -3.65. The first kappa shape index (κ1) is 22.2. The van der Waals surface area contributed by atoms with Crippen molar-refractivity contribution in [1.29, 1.82) is 0 Å². The largest absolute Gasteiger partial charge is 0.375 e. The summed E-state index contributed by atoms with van der Waals surface area (Å²) in [6.07, 6.45) is 0. The van der Waals surface area contributed by atoms with E-state index in [-0.39, 0.29) is 10.8 Å². The Morgan fingerprint density at radius 1 is 1.11 bits per heavy atom. The van der Waals surface area contributed by atoms with Gasteiger partial charge in [-0.2, -0.15) is 4.31 Å². The standard InChI is InChI=1S/C20H26ClN3O3S/c1-6-24(7-2)28(26,27)15-12-11-14(3)16(13-15)20(25)22-18-10-8-9-17(21)19(18)23(4)5/h8-13H,6-7H2,1-5H3,(H,22,25). The highest BCUT2D eigenvalue weighted by molar-refractivity contribution is 7.89. The summed E-state index contributed by atoms with van der Waals surface area (Å²) in [5.74, 6) is -0.389. The summed E-state index contributed by atoms with van der Waals surface area (Å²) in [5.41, 5.74) is 2.23. The predicted octanol–water partition coefficient (Wildman–Crippen LogP) is 4.00.